The topological polar surface area (TPSA) is 57.6 Å². The van der Waals surface area contributed by atoms with Gasteiger partial charge in [-0.2, -0.15) is 24.9 Å². The summed E-state index contributed by atoms with van der Waals surface area (Å²) in [5.41, 5.74) is -1.07. The van der Waals surface area contributed by atoms with Gasteiger partial charge in [0.1, 0.15) is 6.04 Å². The molecule has 1 aromatic carbocycles. The van der Waals surface area contributed by atoms with E-state index in [1.54, 1.807) is 0 Å². The molecule has 0 spiro atoms. The highest BCUT2D eigenvalue weighted by molar-refractivity contribution is 7.99. The molecule has 1 aromatic rings. The van der Waals surface area contributed by atoms with Gasteiger partial charge in [0.25, 0.3) is 5.91 Å². The molecule has 1 heterocycles. The Morgan fingerprint density at radius 2 is 2.05 bits per heavy atom. The molecule has 0 bridgehead atoms. The number of carbonyl (C=O) groups is 2. The molecule has 1 fully saturated rings. The molecule has 1 unspecified atom stereocenters. The minimum atomic E-state index is -4.54. The molecule has 1 aliphatic rings. The van der Waals surface area contributed by atoms with Crippen molar-refractivity contribution >= 4 is 23.6 Å². The van der Waals surface area contributed by atoms with Gasteiger partial charge >= 0.3 is 12.1 Å². The van der Waals surface area contributed by atoms with E-state index < -0.39 is 29.7 Å². The number of carboxylic acid groups (broad SMARTS) is 1. The Morgan fingerprint density at radius 3 is 2.67 bits per heavy atom. The summed E-state index contributed by atoms with van der Waals surface area (Å²) in [5.74, 6) is -1.04. The molecule has 0 saturated carbocycles. The van der Waals surface area contributed by atoms with Crippen LogP contribution in [0, 0.1) is 0 Å². The van der Waals surface area contributed by atoms with E-state index in [1.807, 2.05) is 0 Å². The summed E-state index contributed by atoms with van der Waals surface area (Å²) >= 11 is 1.40. The standard InChI is InChI=1S/C13H12F3NO3S/c14-13(15,16)9-3-1-2-8(6-9)11(18)17-4-5-21-7-10(17)12(19)20/h1-3,6,10H,4-5,7H2,(H,19,20). The first kappa shape index (κ1) is 15.7. The van der Waals surface area contributed by atoms with Crippen LogP contribution in [0.5, 0.6) is 0 Å². The number of rotatable bonds is 2. The summed E-state index contributed by atoms with van der Waals surface area (Å²) in [6.45, 7) is 0.205. The van der Waals surface area contributed by atoms with Gasteiger partial charge in [-0.1, -0.05) is 6.07 Å². The number of carbonyl (C=O) groups excluding carboxylic acids is 1. The lowest BCUT2D eigenvalue weighted by atomic mass is 10.1. The van der Waals surface area contributed by atoms with Crippen LogP contribution >= 0.6 is 11.8 Å². The van der Waals surface area contributed by atoms with Crippen LogP contribution in [0.2, 0.25) is 0 Å². The minimum absolute atomic E-state index is 0.150. The third-order valence-electron chi connectivity index (χ3n) is 3.11. The normalized spacial score (nSPS) is 19.4. The monoisotopic (exact) mass is 319 g/mol. The van der Waals surface area contributed by atoms with Crippen molar-refractivity contribution in [2.75, 3.05) is 18.1 Å². The van der Waals surface area contributed by atoms with Gasteiger partial charge in [-0.25, -0.2) is 4.79 Å². The number of nitrogens with zero attached hydrogens (tertiary/aromatic N) is 1. The maximum atomic E-state index is 12.7. The predicted molar refractivity (Wildman–Crippen MR) is 71.2 cm³/mol. The lowest BCUT2D eigenvalue weighted by Crippen LogP contribution is -2.50. The zero-order valence-electron chi connectivity index (χ0n) is 10.8. The van der Waals surface area contributed by atoms with Gasteiger partial charge in [0.2, 0.25) is 0 Å². The van der Waals surface area contributed by atoms with Gasteiger partial charge in [0.15, 0.2) is 0 Å². The van der Waals surface area contributed by atoms with Crippen molar-refractivity contribution in [3.05, 3.63) is 35.4 Å². The van der Waals surface area contributed by atoms with E-state index >= 15 is 0 Å². The number of amides is 1. The van der Waals surface area contributed by atoms with Crippen molar-refractivity contribution in [3.63, 3.8) is 0 Å². The first-order valence-corrected chi connectivity index (χ1v) is 7.25. The lowest BCUT2D eigenvalue weighted by Gasteiger charge is -2.32. The van der Waals surface area contributed by atoms with Crippen LogP contribution in [0.1, 0.15) is 15.9 Å². The highest BCUT2D eigenvalue weighted by Gasteiger charge is 2.35. The van der Waals surface area contributed by atoms with Crippen LogP contribution in [0.4, 0.5) is 13.2 Å². The molecule has 1 saturated heterocycles. The van der Waals surface area contributed by atoms with E-state index in [2.05, 4.69) is 0 Å². The van der Waals surface area contributed by atoms with Crippen molar-refractivity contribution in [1.29, 1.82) is 0 Å². The summed E-state index contributed by atoms with van der Waals surface area (Å²) < 4.78 is 38.0. The number of aliphatic carboxylic acids is 1. The van der Waals surface area contributed by atoms with Gasteiger partial charge < -0.3 is 10.0 Å². The number of alkyl halides is 3. The summed E-state index contributed by atoms with van der Waals surface area (Å²) in [4.78, 5) is 24.5. The number of thioether (sulfide) groups is 1. The highest BCUT2D eigenvalue weighted by Crippen LogP contribution is 2.30. The highest BCUT2D eigenvalue weighted by atomic mass is 32.2. The second-order valence-corrected chi connectivity index (χ2v) is 5.66. The quantitative estimate of drug-likeness (QED) is 0.909. The smallest absolute Gasteiger partial charge is 0.416 e. The fourth-order valence-corrected chi connectivity index (χ4v) is 3.08. The average Bonchev–Trinajstić information content (AvgIpc) is 2.45. The summed E-state index contributed by atoms with van der Waals surface area (Å²) in [6.07, 6.45) is -4.54. The molecule has 0 radical (unpaired) electrons. The van der Waals surface area contributed by atoms with Crippen molar-refractivity contribution in [1.82, 2.24) is 4.90 Å². The third-order valence-corrected chi connectivity index (χ3v) is 4.13. The molecule has 2 rings (SSSR count). The Balaban J connectivity index is 2.28. The minimum Gasteiger partial charge on any atom is -0.480 e. The molecule has 114 valence electrons. The van der Waals surface area contributed by atoms with Gasteiger partial charge in [0, 0.05) is 23.6 Å². The maximum absolute atomic E-state index is 12.7. The Morgan fingerprint density at radius 1 is 1.33 bits per heavy atom. The van der Waals surface area contributed by atoms with Gasteiger partial charge in [-0.15, -0.1) is 0 Å². The number of halogens is 3. The molecule has 1 aliphatic heterocycles. The number of hydrogen-bond donors (Lipinski definition) is 1. The zero-order valence-corrected chi connectivity index (χ0v) is 11.6. The SMILES string of the molecule is O=C(O)C1CSCCN1C(=O)c1cccc(C(F)(F)F)c1. The van der Waals surface area contributed by atoms with E-state index in [0.717, 1.165) is 23.1 Å². The zero-order chi connectivity index (χ0) is 15.6. The van der Waals surface area contributed by atoms with Crippen LogP contribution in [-0.2, 0) is 11.0 Å². The molecular weight excluding hydrogens is 307 g/mol. The van der Waals surface area contributed by atoms with Crippen LogP contribution in [0.15, 0.2) is 24.3 Å². The number of hydrogen-bond acceptors (Lipinski definition) is 3. The molecular formula is C13H12F3NO3S. The van der Waals surface area contributed by atoms with E-state index in [1.165, 1.54) is 17.8 Å². The molecule has 1 atom stereocenters. The van der Waals surface area contributed by atoms with Crippen LogP contribution < -0.4 is 0 Å². The van der Waals surface area contributed by atoms with Crippen molar-refractivity contribution in [2.24, 2.45) is 0 Å². The van der Waals surface area contributed by atoms with E-state index in [-0.39, 0.29) is 17.9 Å². The molecule has 21 heavy (non-hydrogen) atoms. The molecule has 8 heteroatoms. The fourth-order valence-electron chi connectivity index (χ4n) is 2.05. The third kappa shape index (κ3) is 3.49. The molecule has 0 aromatic heterocycles. The Hall–Kier alpha value is -1.70. The first-order valence-electron chi connectivity index (χ1n) is 6.09. The Kier molecular flexibility index (Phi) is 4.46. The summed E-state index contributed by atoms with van der Waals surface area (Å²) in [6, 6.07) is 3.02. The Bertz CT molecular complexity index is 562. The Labute approximate surface area is 122 Å². The second kappa shape index (κ2) is 5.97. The summed E-state index contributed by atoms with van der Waals surface area (Å²) in [5, 5.41) is 9.10. The maximum Gasteiger partial charge on any atom is 0.416 e. The van der Waals surface area contributed by atoms with Crippen molar-refractivity contribution in [3.8, 4) is 0 Å². The van der Waals surface area contributed by atoms with Crippen LogP contribution in [0.25, 0.3) is 0 Å². The molecule has 0 aliphatic carbocycles. The van der Waals surface area contributed by atoms with Crippen LogP contribution in [-0.4, -0.2) is 46.0 Å². The largest absolute Gasteiger partial charge is 0.480 e. The van der Waals surface area contributed by atoms with Gasteiger partial charge in [-0.3, -0.25) is 4.79 Å². The van der Waals surface area contributed by atoms with E-state index in [4.69, 9.17) is 5.11 Å². The average molecular weight is 319 g/mol. The summed E-state index contributed by atoms with van der Waals surface area (Å²) in [7, 11) is 0. The fraction of sp³-hybridized carbons (Fsp3) is 0.385. The van der Waals surface area contributed by atoms with E-state index in [0.29, 0.717) is 5.75 Å². The molecule has 1 amide bonds. The van der Waals surface area contributed by atoms with E-state index in [9.17, 15) is 22.8 Å². The van der Waals surface area contributed by atoms with Gasteiger partial charge in [0.05, 0.1) is 5.56 Å². The van der Waals surface area contributed by atoms with Crippen LogP contribution in [0.3, 0.4) is 0 Å². The predicted octanol–water partition coefficient (Wildman–Crippen LogP) is 2.35. The lowest BCUT2D eigenvalue weighted by molar-refractivity contribution is -0.141. The van der Waals surface area contributed by atoms with Crippen molar-refractivity contribution < 1.29 is 27.9 Å². The number of benzene rings is 1. The number of carboxylic acids is 1. The molecule has 1 N–H and O–H groups in total. The van der Waals surface area contributed by atoms with Crippen molar-refractivity contribution in [2.45, 2.75) is 12.2 Å². The van der Waals surface area contributed by atoms with Gasteiger partial charge in [-0.05, 0) is 18.2 Å². The second-order valence-electron chi connectivity index (χ2n) is 4.51. The molecule has 4 nitrogen and oxygen atoms in total. The first-order chi connectivity index (χ1) is 9.80.